The van der Waals surface area contributed by atoms with Crippen LogP contribution in [0.15, 0.2) is 0 Å². The third-order valence-electron chi connectivity index (χ3n) is 4.15. The van der Waals surface area contributed by atoms with Crippen LogP contribution in [-0.2, 0) is 19.6 Å². The minimum absolute atomic E-state index is 0.0840. The van der Waals surface area contributed by atoms with Crippen molar-refractivity contribution in [1.82, 2.24) is 14.5 Å². The molecule has 0 aromatic carbocycles. The van der Waals surface area contributed by atoms with Crippen LogP contribution in [0.1, 0.15) is 25.7 Å². The van der Waals surface area contributed by atoms with E-state index < -0.39 is 16.1 Å². The summed E-state index contributed by atoms with van der Waals surface area (Å²) in [4.78, 5) is 25.0. The van der Waals surface area contributed by atoms with Crippen LogP contribution < -0.4 is 5.32 Å². The largest absolute Gasteiger partial charge is 0.344 e. The van der Waals surface area contributed by atoms with Gasteiger partial charge in [-0.25, -0.2) is 8.42 Å². The highest BCUT2D eigenvalue weighted by molar-refractivity contribution is 7.90. The Morgan fingerprint density at radius 1 is 1.10 bits per heavy atom. The lowest BCUT2D eigenvalue weighted by Gasteiger charge is -2.35. The first-order valence-corrected chi connectivity index (χ1v) is 8.56. The van der Waals surface area contributed by atoms with Gasteiger partial charge in [-0.2, -0.15) is 4.31 Å². The van der Waals surface area contributed by atoms with E-state index in [9.17, 15) is 18.0 Å². The smallest absolute Gasteiger partial charge is 0.245 e. The highest BCUT2D eigenvalue weighted by Crippen LogP contribution is 2.31. The fourth-order valence-electron chi connectivity index (χ4n) is 2.76. The highest BCUT2D eigenvalue weighted by Gasteiger charge is 2.42. The van der Waals surface area contributed by atoms with Gasteiger partial charge < -0.3 is 10.2 Å². The Kier molecular flexibility index (Phi) is 3.45. The van der Waals surface area contributed by atoms with Gasteiger partial charge in [0.25, 0.3) is 0 Å². The number of carbonyl (C=O) groups excluding carboxylic acids is 2. The molecule has 7 nitrogen and oxygen atoms in total. The topological polar surface area (TPSA) is 86.8 Å². The molecule has 8 heteroatoms. The van der Waals surface area contributed by atoms with E-state index in [1.807, 2.05) is 0 Å². The Bertz CT molecular complexity index is 521. The van der Waals surface area contributed by atoms with E-state index in [-0.39, 0.29) is 17.1 Å². The van der Waals surface area contributed by atoms with Crippen LogP contribution in [0.4, 0.5) is 0 Å². The summed E-state index contributed by atoms with van der Waals surface area (Å²) in [7, 11) is -3.14. The third kappa shape index (κ3) is 2.54. The zero-order valence-corrected chi connectivity index (χ0v) is 12.1. The number of piperazine rings is 1. The van der Waals surface area contributed by atoms with Gasteiger partial charge in [0.1, 0.15) is 6.04 Å². The van der Waals surface area contributed by atoms with Crippen molar-refractivity contribution in [2.45, 2.75) is 37.0 Å². The number of amides is 2. The predicted octanol–water partition coefficient (Wildman–Crippen LogP) is -1.10. The minimum Gasteiger partial charge on any atom is -0.344 e. The summed E-state index contributed by atoms with van der Waals surface area (Å²) in [6.45, 7) is 1.56. The second-order valence-electron chi connectivity index (χ2n) is 5.63. The van der Waals surface area contributed by atoms with E-state index in [2.05, 4.69) is 5.32 Å². The van der Waals surface area contributed by atoms with E-state index in [0.29, 0.717) is 39.0 Å². The van der Waals surface area contributed by atoms with Crippen LogP contribution in [0.25, 0.3) is 0 Å². The van der Waals surface area contributed by atoms with Crippen molar-refractivity contribution >= 4 is 21.8 Å². The second kappa shape index (κ2) is 5.00. The van der Waals surface area contributed by atoms with Gasteiger partial charge in [-0.3, -0.25) is 9.59 Å². The predicted molar refractivity (Wildman–Crippen MR) is 71.3 cm³/mol. The number of hydrogen-bond acceptors (Lipinski definition) is 4. The van der Waals surface area contributed by atoms with E-state index in [0.717, 1.165) is 12.8 Å². The van der Waals surface area contributed by atoms with Crippen molar-refractivity contribution in [3.05, 3.63) is 0 Å². The van der Waals surface area contributed by atoms with Crippen LogP contribution in [0.2, 0.25) is 0 Å². The van der Waals surface area contributed by atoms with Gasteiger partial charge in [0, 0.05) is 32.6 Å². The molecule has 112 valence electrons. The van der Waals surface area contributed by atoms with Gasteiger partial charge in [-0.15, -0.1) is 0 Å². The maximum absolute atomic E-state index is 12.2. The van der Waals surface area contributed by atoms with Gasteiger partial charge in [0.15, 0.2) is 0 Å². The molecule has 1 atom stereocenters. The van der Waals surface area contributed by atoms with Gasteiger partial charge >= 0.3 is 0 Å². The standard InChI is InChI=1S/C12H19N3O4S/c16-11-4-3-10(13-11)12(17)14-5-7-15(8-6-14)20(18,19)9-1-2-9/h9-10H,1-8H2,(H,13,16). The maximum Gasteiger partial charge on any atom is 0.245 e. The molecule has 3 fully saturated rings. The summed E-state index contributed by atoms with van der Waals surface area (Å²) < 4.78 is 25.7. The van der Waals surface area contributed by atoms with Gasteiger partial charge in [0.05, 0.1) is 5.25 Å². The molecule has 0 spiro atoms. The molecule has 1 N–H and O–H groups in total. The van der Waals surface area contributed by atoms with E-state index in [1.54, 1.807) is 4.90 Å². The number of nitrogens with zero attached hydrogens (tertiary/aromatic N) is 2. The third-order valence-corrected chi connectivity index (χ3v) is 6.55. The van der Waals surface area contributed by atoms with Gasteiger partial charge in [0.2, 0.25) is 21.8 Å². The highest BCUT2D eigenvalue weighted by atomic mass is 32.2. The monoisotopic (exact) mass is 301 g/mol. The molecule has 0 bridgehead atoms. The lowest BCUT2D eigenvalue weighted by atomic mass is 10.2. The molecule has 1 unspecified atom stereocenters. The van der Waals surface area contributed by atoms with E-state index >= 15 is 0 Å². The quantitative estimate of drug-likeness (QED) is 0.717. The Labute approximate surface area is 118 Å². The summed E-state index contributed by atoms with van der Waals surface area (Å²) in [5, 5.41) is 2.46. The van der Waals surface area contributed by atoms with Crippen LogP contribution in [-0.4, -0.2) is 66.9 Å². The summed E-state index contributed by atoms with van der Waals surface area (Å²) in [5.74, 6) is -0.169. The van der Waals surface area contributed by atoms with Crippen molar-refractivity contribution in [1.29, 1.82) is 0 Å². The SMILES string of the molecule is O=C1CCC(C(=O)N2CCN(S(=O)(=O)C3CC3)CC2)N1. The van der Waals surface area contributed by atoms with Crippen molar-refractivity contribution in [2.24, 2.45) is 0 Å². The molecule has 3 aliphatic rings. The number of carbonyl (C=O) groups is 2. The average molecular weight is 301 g/mol. The molecule has 2 saturated heterocycles. The first kappa shape index (κ1) is 13.8. The van der Waals surface area contributed by atoms with Crippen molar-refractivity contribution in [3.8, 4) is 0 Å². The fourth-order valence-corrected chi connectivity index (χ4v) is 4.59. The normalized spacial score (nSPS) is 28.5. The molecule has 20 heavy (non-hydrogen) atoms. The molecule has 2 aliphatic heterocycles. The molecular weight excluding hydrogens is 282 g/mol. The number of rotatable bonds is 3. The van der Waals surface area contributed by atoms with Crippen LogP contribution in [0.3, 0.4) is 0 Å². The molecule has 3 rings (SSSR count). The summed E-state index contributed by atoms with van der Waals surface area (Å²) in [6.07, 6.45) is 2.45. The number of hydrogen-bond donors (Lipinski definition) is 1. The Hall–Kier alpha value is -1.15. The van der Waals surface area contributed by atoms with E-state index in [4.69, 9.17) is 0 Å². The van der Waals surface area contributed by atoms with Crippen molar-refractivity contribution in [3.63, 3.8) is 0 Å². The Morgan fingerprint density at radius 3 is 2.25 bits per heavy atom. The second-order valence-corrected chi connectivity index (χ2v) is 7.84. The molecule has 1 saturated carbocycles. The Morgan fingerprint density at radius 2 is 1.75 bits per heavy atom. The summed E-state index contributed by atoms with van der Waals surface area (Å²) in [6, 6.07) is -0.422. The van der Waals surface area contributed by atoms with E-state index in [1.165, 1.54) is 4.31 Å². The van der Waals surface area contributed by atoms with Crippen LogP contribution in [0.5, 0.6) is 0 Å². The lowest BCUT2D eigenvalue weighted by molar-refractivity contribution is -0.135. The lowest BCUT2D eigenvalue weighted by Crippen LogP contribution is -2.54. The minimum atomic E-state index is -3.14. The van der Waals surface area contributed by atoms with Crippen molar-refractivity contribution < 1.29 is 18.0 Å². The zero-order chi connectivity index (χ0) is 14.3. The molecule has 2 heterocycles. The molecule has 0 aromatic rings. The molecule has 0 radical (unpaired) electrons. The first-order chi connectivity index (χ1) is 9.48. The maximum atomic E-state index is 12.2. The molecule has 0 aromatic heterocycles. The number of sulfonamides is 1. The van der Waals surface area contributed by atoms with Gasteiger partial charge in [-0.05, 0) is 19.3 Å². The summed E-state index contributed by atoms with van der Waals surface area (Å²) >= 11 is 0. The summed E-state index contributed by atoms with van der Waals surface area (Å²) in [5.41, 5.74) is 0. The van der Waals surface area contributed by atoms with Crippen molar-refractivity contribution in [2.75, 3.05) is 26.2 Å². The fraction of sp³-hybridized carbons (Fsp3) is 0.833. The Balaban J connectivity index is 1.56. The van der Waals surface area contributed by atoms with Crippen LogP contribution >= 0.6 is 0 Å². The molecule has 2 amide bonds. The first-order valence-electron chi connectivity index (χ1n) is 7.05. The van der Waals surface area contributed by atoms with Crippen LogP contribution in [0, 0.1) is 0 Å². The van der Waals surface area contributed by atoms with Gasteiger partial charge in [-0.1, -0.05) is 0 Å². The number of nitrogens with one attached hydrogen (secondary N) is 1. The molecular formula is C12H19N3O4S. The molecule has 1 aliphatic carbocycles. The zero-order valence-electron chi connectivity index (χ0n) is 11.2. The average Bonchev–Trinajstić information content (AvgIpc) is 3.21.